The van der Waals surface area contributed by atoms with E-state index in [4.69, 9.17) is 10.5 Å². The first-order chi connectivity index (χ1) is 9.41. The predicted octanol–water partition coefficient (Wildman–Crippen LogP) is 1.79. The standard InChI is InChI=1S/C15H21FN2O2/c1-15(17,11-6-7-11)14(19)18(2)8-9-20-13-5-3-4-12(16)10-13/h3-5,10-11H,6-9,17H2,1-2H3. The molecule has 1 aliphatic carbocycles. The summed E-state index contributed by atoms with van der Waals surface area (Å²) < 4.78 is 18.4. The molecule has 1 saturated carbocycles. The number of amides is 1. The highest BCUT2D eigenvalue weighted by Crippen LogP contribution is 2.38. The lowest BCUT2D eigenvalue weighted by molar-refractivity contribution is -0.136. The highest BCUT2D eigenvalue weighted by molar-refractivity contribution is 5.86. The lowest BCUT2D eigenvalue weighted by atomic mass is 9.95. The van der Waals surface area contributed by atoms with Gasteiger partial charge in [-0.05, 0) is 37.8 Å². The minimum Gasteiger partial charge on any atom is -0.492 e. The van der Waals surface area contributed by atoms with Gasteiger partial charge < -0.3 is 15.4 Å². The maximum absolute atomic E-state index is 13.0. The molecular formula is C15H21FN2O2. The summed E-state index contributed by atoms with van der Waals surface area (Å²) in [5.74, 6) is 0.350. The summed E-state index contributed by atoms with van der Waals surface area (Å²) in [4.78, 5) is 13.8. The van der Waals surface area contributed by atoms with Crippen LogP contribution in [0.15, 0.2) is 24.3 Å². The maximum atomic E-state index is 13.0. The van der Waals surface area contributed by atoms with Gasteiger partial charge in [0.05, 0.1) is 12.1 Å². The summed E-state index contributed by atoms with van der Waals surface area (Å²) in [6.45, 7) is 2.53. The molecule has 2 rings (SSSR count). The summed E-state index contributed by atoms with van der Waals surface area (Å²) in [7, 11) is 1.71. The van der Waals surface area contributed by atoms with Gasteiger partial charge in [-0.2, -0.15) is 0 Å². The van der Waals surface area contributed by atoms with E-state index in [-0.39, 0.29) is 11.7 Å². The summed E-state index contributed by atoms with van der Waals surface area (Å²) in [6.07, 6.45) is 2.04. The van der Waals surface area contributed by atoms with E-state index in [0.717, 1.165) is 12.8 Å². The van der Waals surface area contributed by atoms with Gasteiger partial charge in [-0.15, -0.1) is 0 Å². The van der Waals surface area contributed by atoms with Gasteiger partial charge in [-0.1, -0.05) is 6.07 Å². The van der Waals surface area contributed by atoms with E-state index >= 15 is 0 Å². The molecule has 1 fully saturated rings. The molecule has 1 atom stereocenters. The molecule has 0 aromatic heterocycles. The third-order valence-electron chi connectivity index (χ3n) is 3.72. The highest BCUT2D eigenvalue weighted by atomic mass is 19.1. The van der Waals surface area contributed by atoms with E-state index in [9.17, 15) is 9.18 Å². The third kappa shape index (κ3) is 3.48. The molecule has 0 spiro atoms. The van der Waals surface area contributed by atoms with Crippen molar-refractivity contribution in [2.75, 3.05) is 20.2 Å². The Hall–Kier alpha value is -1.62. The fraction of sp³-hybridized carbons (Fsp3) is 0.533. The zero-order valence-electron chi connectivity index (χ0n) is 11.9. The molecule has 20 heavy (non-hydrogen) atoms. The SMILES string of the molecule is CN(CCOc1cccc(F)c1)C(=O)C(C)(N)C1CC1. The van der Waals surface area contributed by atoms with Crippen LogP contribution in [0.25, 0.3) is 0 Å². The predicted molar refractivity (Wildman–Crippen MR) is 74.8 cm³/mol. The normalized spacial score (nSPS) is 17.4. The average molecular weight is 280 g/mol. The van der Waals surface area contributed by atoms with Crippen LogP contribution in [-0.2, 0) is 4.79 Å². The number of likely N-dealkylation sites (N-methyl/N-ethyl adjacent to an activating group) is 1. The van der Waals surface area contributed by atoms with E-state index in [1.54, 1.807) is 31.0 Å². The van der Waals surface area contributed by atoms with Crippen molar-refractivity contribution in [3.8, 4) is 5.75 Å². The molecule has 2 N–H and O–H groups in total. The van der Waals surface area contributed by atoms with Gasteiger partial charge >= 0.3 is 0 Å². The Labute approximate surface area is 118 Å². The van der Waals surface area contributed by atoms with Crippen molar-refractivity contribution in [1.82, 2.24) is 4.90 Å². The topological polar surface area (TPSA) is 55.6 Å². The first kappa shape index (κ1) is 14.8. The number of carbonyl (C=O) groups is 1. The largest absolute Gasteiger partial charge is 0.492 e. The zero-order chi connectivity index (χ0) is 14.8. The van der Waals surface area contributed by atoms with Crippen molar-refractivity contribution in [2.24, 2.45) is 11.7 Å². The van der Waals surface area contributed by atoms with Crippen molar-refractivity contribution >= 4 is 5.91 Å². The maximum Gasteiger partial charge on any atom is 0.242 e. The summed E-state index contributed by atoms with van der Waals surface area (Å²) in [6, 6.07) is 5.95. The molecule has 4 nitrogen and oxygen atoms in total. The quantitative estimate of drug-likeness (QED) is 0.864. The van der Waals surface area contributed by atoms with Crippen LogP contribution in [-0.4, -0.2) is 36.5 Å². The van der Waals surface area contributed by atoms with E-state index in [1.165, 1.54) is 12.1 Å². The molecule has 110 valence electrons. The second-order valence-corrected chi connectivity index (χ2v) is 5.59. The Balaban J connectivity index is 1.80. The van der Waals surface area contributed by atoms with Crippen LogP contribution < -0.4 is 10.5 Å². The molecule has 1 aromatic rings. The van der Waals surface area contributed by atoms with Crippen molar-refractivity contribution in [2.45, 2.75) is 25.3 Å². The van der Waals surface area contributed by atoms with E-state index < -0.39 is 5.54 Å². The van der Waals surface area contributed by atoms with Crippen molar-refractivity contribution in [3.05, 3.63) is 30.1 Å². The second kappa shape index (κ2) is 5.79. The van der Waals surface area contributed by atoms with Crippen molar-refractivity contribution in [1.29, 1.82) is 0 Å². The van der Waals surface area contributed by atoms with Gasteiger partial charge in [0, 0.05) is 13.1 Å². The molecule has 0 radical (unpaired) electrons. The number of rotatable bonds is 6. The minimum absolute atomic E-state index is 0.0668. The van der Waals surface area contributed by atoms with Gasteiger partial charge in [-0.3, -0.25) is 4.79 Å². The monoisotopic (exact) mass is 280 g/mol. The summed E-state index contributed by atoms with van der Waals surface area (Å²) in [5.41, 5.74) is 5.30. The molecule has 1 unspecified atom stereocenters. The Bertz CT molecular complexity index is 487. The molecule has 5 heteroatoms. The Morgan fingerprint density at radius 1 is 1.55 bits per heavy atom. The number of nitrogens with two attached hydrogens (primary N) is 1. The summed E-state index contributed by atoms with van der Waals surface area (Å²) in [5, 5.41) is 0. The van der Waals surface area contributed by atoms with Gasteiger partial charge in [0.15, 0.2) is 0 Å². The first-order valence-electron chi connectivity index (χ1n) is 6.84. The molecule has 1 aromatic carbocycles. The van der Waals surface area contributed by atoms with Crippen molar-refractivity contribution < 1.29 is 13.9 Å². The minimum atomic E-state index is -0.784. The number of halogens is 1. The molecule has 0 bridgehead atoms. The van der Waals surface area contributed by atoms with Gasteiger partial charge in [-0.25, -0.2) is 4.39 Å². The van der Waals surface area contributed by atoms with E-state index in [0.29, 0.717) is 24.8 Å². The molecule has 0 heterocycles. The number of benzene rings is 1. The second-order valence-electron chi connectivity index (χ2n) is 5.59. The van der Waals surface area contributed by atoms with Crippen LogP contribution in [0.5, 0.6) is 5.75 Å². The number of carbonyl (C=O) groups excluding carboxylic acids is 1. The fourth-order valence-electron chi connectivity index (χ4n) is 2.23. The molecule has 0 saturated heterocycles. The molecule has 1 aliphatic rings. The molecule has 1 amide bonds. The van der Waals surface area contributed by atoms with Gasteiger partial charge in [0.25, 0.3) is 0 Å². The Morgan fingerprint density at radius 3 is 2.85 bits per heavy atom. The first-order valence-corrected chi connectivity index (χ1v) is 6.84. The van der Waals surface area contributed by atoms with Crippen LogP contribution >= 0.6 is 0 Å². The average Bonchev–Trinajstić information content (AvgIpc) is 3.22. The molecule has 0 aliphatic heterocycles. The Kier molecular flexibility index (Phi) is 4.28. The van der Waals surface area contributed by atoms with Crippen LogP contribution in [0.2, 0.25) is 0 Å². The zero-order valence-corrected chi connectivity index (χ0v) is 11.9. The van der Waals surface area contributed by atoms with Gasteiger partial charge in [0.1, 0.15) is 18.2 Å². The van der Waals surface area contributed by atoms with Crippen LogP contribution in [0.3, 0.4) is 0 Å². The van der Waals surface area contributed by atoms with Crippen LogP contribution in [0, 0.1) is 11.7 Å². The van der Waals surface area contributed by atoms with Crippen LogP contribution in [0.4, 0.5) is 4.39 Å². The number of hydrogen-bond donors (Lipinski definition) is 1. The highest BCUT2D eigenvalue weighted by Gasteiger charge is 2.45. The van der Waals surface area contributed by atoms with E-state index in [2.05, 4.69) is 0 Å². The fourth-order valence-corrected chi connectivity index (χ4v) is 2.23. The van der Waals surface area contributed by atoms with E-state index in [1.807, 2.05) is 0 Å². The smallest absolute Gasteiger partial charge is 0.242 e. The van der Waals surface area contributed by atoms with Crippen LogP contribution in [0.1, 0.15) is 19.8 Å². The van der Waals surface area contributed by atoms with Gasteiger partial charge in [0.2, 0.25) is 5.91 Å². The summed E-state index contributed by atoms with van der Waals surface area (Å²) >= 11 is 0. The molecular weight excluding hydrogens is 259 g/mol. The number of hydrogen-bond acceptors (Lipinski definition) is 3. The number of ether oxygens (including phenoxy) is 1. The van der Waals surface area contributed by atoms with Crippen molar-refractivity contribution in [3.63, 3.8) is 0 Å². The Morgan fingerprint density at radius 2 is 2.25 bits per heavy atom. The third-order valence-corrected chi connectivity index (χ3v) is 3.72. The number of nitrogens with zero attached hydrogens (tertiary/aromatic N) is 1. The lowest BCUT2D eigenvalue weighted by Crippen LogP contribution is -2.54. The lowest BCUT2D eigenvalue weighted by Gasteiger charge is -2.29.